The van der Waals surface area contributed by atoms with Crippen LogP contribution < -0.4 is 0 Å². The fourth-order valence-electron chi connectivity index (χ4n) is 2.65. The van der Waals surface area contributed by atoms with Gasteiger partial charge in [0.05, 0.1) is 0 Å². The van der Waals surface area contributed by atoms with E-state index in [1.165, 1.54) is 19.1 Å². The number of nitrogens with zero attached hydrogens (tertiary/aromatic N) is 1. The molecule has 1 heterocycles. The van der Waals surface area contributed by atoms with Crippen LogP contribution in [-0.4, -0.2) is 39.9 Å². The minimum Gasteiger partial charge on any atom is -0.385 e. The molecule has 0 aromatic heterocycles. The summed E-state index contributed by atoms with van der Waals surface area (Å²) < 4.78 is 13.0. The first-order valence-electron chi connectivity index (χ1n) is 6.17. The first-order chi connectivity index (χ1) is 8.79. The van der Waals surface area contributed by atoms with Crippen LogP contribution in [0.5, 0.6) is 0 Å². The molecular formula is C15H18FNO2. The summed E-state index contributed by atoms with van der Waals surface area (Å²) in [5.74, 6) is 2.00. The van der Waals surface area contributed by atoms with E-state index >= 15 is 0 Å². The normalized spacial score (nSPS) is 35.9. The number of hydrogen-bond donors (Lipinski definition) is 2. The van der Waals surface area contributed by atoms with Crippen molar-refractivity contribution >= 4 is 0 Å². The quantitative estimate of drug-likeness (QED) is 0.751. The van der Waals surface area contributed by atoms with Gasteiger partial charge in [0.15, 0.2) is 5.60 Å². The van der Waals surface area contributed by atoms with Gasteiger partial charge in [-0.1, -0.05) is 18.1 Å². The molecule has 1 aliphatic heterocycles. The zero-order valence-electron chi connectivity index (χ0n) is 11.1. The van der Waals surface area contributed by atoms with Crippen molar-refractivity contribution in [2.75, 3.05) is 13.6 Å². The van der Waals surface area contributed by atoms with E-state index in [2.05, 4.69) is 5.92 Å². The predicted molar refractivity (Wildman–Crippen MR) is 70.8 cm³/mol. The molecule has 0 aliphatic carbocycles. The van der Waals surface area contributed by atoms with Gasteiger partial charge in [-0.15, -0.1) is 6.42 Å². The van der Waals surface area contributed by atoms with E-state index in [0.717, 1.165) is 5.56 Å². The van der Waals surface area contributed by atoms with Gasteiger partial charge in [0.25, 0.3) is 0 Å². The second kappa shape index (κ2) is 4.61. The summed E-state index contributed by atoms with van der Waals surface area (Å²) in [6, 6.07) is 5.96. The average molecular weight is 263 g/mol. The van der Waals surface area contributed by atoms with E-state index < -0.39 is 11.2 Å². The van der Waals surface area contributed by atoms with Crippen LogP contribution in [0.2, 0.25) is 0 Å². The molecule has 1 fully saturated rings. The molecule has 3 nitrogen and oxygen atoms in total. The van der Waals surface area contributed by atoms with Gasteiger partial charge >= 0.3 is 0 Å². The summed E-state index contributed by atoms with van der Waals surface area (Å²) in [6.07, 6.45) is 5.59. The fraction of sp³-hybridized carbons (Fsp3) is 0.467. The average Bonchev–Trinajstić information content (AvgIpc) is 2.34. The van der Waals surface area contributed by atoms with Crippen molar-refractivity contribution in [3.05, 3.63) is 35.6 Å². The maximum Gasteiger partial charge on any atom is 0.156 e. The summed E-state index contributed by atoms with van der Waals surface area (Å²) in [6.45, 7) is 1.78. The second-order valence-corrected chi connectivity index (χ2v) is 5.47. The third-order valence-electron chi connectivity index (χ3n) is 3.96. The van der Waals surface area contributed by atoms with Crippen molar-refractivity contribution in [1.29, 1.82) is 0 Å². The number of likely N-dealkylation sites (N-methyl/N-ethyl adjacent to an activating group) is 1. The van der Waals surface area contributed by atoms with E-state index in [0.29, 0.717) is 0 Å². The van der Waals surface area contributed by atoms with Crippen molar-refractivity contribution in [3.63, 3.8) is 0 Å². The molecule has 3 atom stereocenters. The Kier molecular flexibility index (Phi) is 3.40. The lowest BCUT2D eigenvalue weighted by Gasteiger charge is -2.49. The molecule has 0 saturated carbocycles. The topological polar surface area (TPSA) is 43.7 Å². The molecule has 1 saturated heterocycles. The maximum atomic E-state index is 13.0. The molecule has 0 spiro atoms. The van der Waals surface area contributed by atoms with E-state index in [1.54, 1.807) is 12.1 Å². The lowest BCUT2D eigenvalue weighted by atomic mass is 9.74. The van der Waals surface area contributed by atoms with Crippen LogP contribution in [-0.2, 0) is 0 Å². The first kappa shape index (κ1) is 14.0. The predicted octanol–water partition coefficient (Wildman–Crippen LogP) is 1.32. The minimum atomic E-state index is -1.58. The van der Waals surface area contributed by atoms with Crippen LogP contribution >= 0.6 is 0 Å². The highest BCUT2D eigenvalue weighted by Crippen LogP contribution is 2.40. The zero-order chi connectivity index (χ0) is 14.3. The highest BCUT2D eigenvalue weighted by molar-refractivity contribution is 5.27. The number of benzene rings is 1. The van der Waals surface area contributed by atoms with Crippen LogP contribution in [0.3, 0.4) is 0 Å². The van der Waals surface area contributed by atoms with Crippen LogP contribution in [0.15, 0.2) is 24.3 Å². The van der Waals surface area contributed by atoms with Crippen LogP contribution in [0.25, 0.3) is 0 Å². The number of terminal acetylenes is 1. The first-order valence-corrected chi connectivity index (χ1v) is 6.17. The highest BCUT2D eigenvalue weighted by atomic mass is 19.1. The largest absolute Gasteiger partial charge is 0.385 e. The molecule has 0 radical (unpaired) electrons. The van der Waals surface area contributed by atoms with Gasteiger partial charge in [-0.3, -0.25) is 4.90 Å². The number of aliphatic hydroxyl groups is 2. The minimum absolute atomic E-state index is 0.151. The molecule has 1 aromatic rings. The number of β-amino-alcohol motifs (C(OH)–C–C–N with tert-alkyl or cyclic N) is 1. The second-order valence-electron chi connectivity index (χ2n) is 5.47. The Morgan fingerprint density at radius 3 is 2.47 bits per heavy atom. The number of piperidine rings is 1. The molecule has 1 aliphatic rings. The molecule has 4 heteroatoms. The van der Waals surface area contributed by atoms with Crippen LogP contribution in [0.1, 0.15) is 24.9 Å². The number of likely N-dealkylation sites (tertiary alicyclic amines) is 1. The van der Waals surface area contributed by atoms with Gasteiger partial charge in [0.1, 0.15) is 11.4 Å². The van der Waals surface area contributed by atoms with Gasteiger partial charge in [-0.05, 0) is 31.7 Å². The Hall–Kier alpha value is -1.41. The highest BCUT2D eigenvalue weighted by Gasteiger charge is 2.51. The van der Waals surface area contributed by atoms with Crippen LogP contribution in [0, 0.1) is 18.2 Å². The van der Waals surface area contributed by atoms with Crippen molar-refractivity contribution in [3.8, 4) is 12.3 Å². The Morgan fingerprint density at radius 1 is 1.37 bits per heavy atom. The summed E-state index contributed by atoms with van der Waals surface area (Å²) in [5, 5.41) is 20.7. The smallest absolute Gasteiger partial charge is 0.156 e. The number of hydrogen-bond acceptors (Lipinski definition) is 3. The standard InChI is InChI=1S/C15H18FNO2/c1-4-15(19)9-13(17(3)10-14(15,2)18)11-5-7-12(16)8-6-11/h1,5-8,13,18-19H,9-10H2,2-3H3/t13-,14-,15+/m0/s1. The van der Waals surface area contributed by atoms with Crippen molar-refractivity contribution in [1.82, 2.24) is 4.90 Å². The summed E-state index contributed by atoms with van der Waals surface area (Å²) in [4.78, 5) is 1.92. The maximum absolute atomic E-state index is 13.0. The van der Waals surface area contributed by atoms with Crippen molar-refractivity contribution in [2.45, 2.75) is 30.6 Å². The monoisotopic (exact) mass is 263 g/mol. The van der Waals surface area contributed by atoms with Gasteiger partial charge in [0.2, 0.25) is 0 Å². The van der Waals surface area contributed by atoms with E-state index in [9.17, 15) is 14.6 Å². The van der Waals surface area contributed by atoms with Gasteiger partial charge in [-0.2, -0.15) is 0 Å². The van der Waals surface area contributed by atoms with E-state index in [-0.39, 0.29) is 24.8 Å². The molecule has 0 bridgehead atoms. The Balaban J connectivity index is 2.33. The fourth-order valence-corrected chi connectivity index (χ4v) is 2.65. The van der Waals surface area contributed by atoms with E-state index in [4.69, 9.17) is 6.42 Å². The summed E-state index contributed by atoms with van der Waals surface area (Å²) in [5.41, 5.74) is -2.08. The molecule has 0 amide bonds. The summed E-state index contributed by atoms with van der Waals surface area (Å²) >= 11 is 0. The van der Waals surface area contributed by atoms with Gasteiger partial charge in [0, 0.05) is 19.0 Å². The number of rotatable bonds is 1. The molecule has 19 heavy (non-hydrogen) atoms. The van der Waals surface area contributed by atoms with Gasteiger partial charge < -0.3 is 10.2 Å². The lowest BCUT2D eigenvalue weighted by Crippen LogP contribution is -2.62. The Labute approximate surface area is 112 Å². The van der Waals surface area contributed by atoms with Gasteiger partial charge in [-0.25, -0.2) is 4.39 Å². The third-order valence-corrected chi connectivity index (χ3v) is 3.96. The van der Waals surface area contributed by atoms with Crippen molar-refractivity contribution in [2.24, 2.45) is 0 Å². The van der Waals surface area contributed by atoms with Crippen LogP contribution in [0.4, 0.5) is 4.39 Å². The Bertz CT molecular complexity index is 506. The zero-order valence-corrected chi connectivity index (χ0v) is 11.1. The van der Waals surface area contributed by atoms with E-state index in [1.807, 2.05) is 11.9 Å². The SMILES string of the molecule is C#C[C@@]1(O)C[C@@H](c2ccc(F)cc2)N(C)C[C@]1(C)O. The molecule has 2 N–H and O–H groups in total. The molecule has 2 rings (SSSR count). The number of halogens is 1. The molecular weight excluding hydrogens is 245 g/mol. The third kappa shape index (κ3) is 2.37. The Morgan fingerprint density at radius 2 is 1.95 bits per heavy atom. The lowest BCUT2D eigenvalue weighted by molar-refractivity contribution is -0.159. The molecule has 102 valence electrons. The molecule has 0 unspecified atom stereocenters. The molecule has 1 aromatic carbocycles. The van der Waals surface area contributed by atoms with Crippen molar-refractivity contribution < 1.29 is 14.6 Å². The summed E-state index contributed by atoms with van der Waals surface area (Å²) in [7, 11) is 1.85.